The van der Waals surface area contributed by atoms with Crippen molar-refractivity contribution in [2.75, 3.05) is 6.61 Å². The van der Waals surface area contributed by atoms with E-state index in [0.29, 0.717) is 22.7 Å². The first-order valence-electron chi connectivity index (χ1n) is 7.18. The molecule has 2 aromatic rings. The van der Waals surface area contributed by atoms with Gasteiger partial charge in [-0.25, -0.2) is 4.79 Å². The van der Waals surface area contributed by atoms with Crippen LogP contribution in [0.2, 0.25) is 0 Å². The Morgan fingerprint density at radius 3 is 2.26 bits per heavy atom. The van der Waals surface area contributed by atoms with E-state index in [1.807, 2.05) is 6.92 Å². The third-order valence-corrected chi connectivity index (χ3v) is 3.14. The highest BCUT2D eigenvalue weighted by Gasteiger charge is 2.20. The summed E-state index contributed by atoms with van der Waals surface area (Å²) in [6.45, 7) is 3.92. The molecular formula is C17H17NO5. The Balaban J connectivity index is 2.01. The van der Waals surface area contributed by atoms with Crippen LogP contribution in [0.4, 0.5) is 0 Å². The number of esters is 1. The molecule has 120 valence electrons. The molecule has 0 bridgehead atoms. The Labute approximate surface area is 133 Å². The first-order chi connectivity index (χ1) is 11.0. The van der Waals surface area contributed by atoms with Crippen molar-refractivity contribution in [1.29, 1.82) is 0 Å². The number of benzene rings is 1. The van der Waals surface area contributed by atoms with Gasteiger partial charge < -0.3 is 14.7 Å². The van der Waals surface area contributed by atoms with Crippen molar-refractivity contribution in [3.63, 3.8) is 0 Å². The van der Waals surface area contributed by atoms with Gasteiger partial charge in [0.05, 0.1) is 12.2 Å². The molecule has 0 radical (unpaired) electrons. The molecule has 1 atom stereocenters. The third kappa shape index (κ3) is 4.29. The van der Waals surface area contributed by atoms with Crippen LogP contribution < -0.4 is 9.47 Å². The number of carbonyl (C=O) groups excluding carboxylic acids is 2. The van der Waals surface area contributed by atoms with Gasteiger partial charge in [0, 0.05) is 17.7 Å². The highest BCUT2D eigenvalue weighted by Crippen LogP contribution is 2.15. The molecule has 0 saturated heterocycles. The molecule has 6 nitrogen and oxygen atoms in total. The predicted octanol–water partition coefficient (Wildman–Crippen LogP) is 2.15. The number of nitrogens with zero attached hydrogens (tertiary/aromatic N) is 1. The molecule has 0 spiro atoms. The first kappa shape index (κ1) is 16.5. The normalized spacial score (nSPS) is 11.6. The summed E-state index contributed by atoms with van der Waals surface area (Å²) in [4.78, 5) is 24.2. The van der Waals surface area contributed by atoms with Crippen LogP contribution in [-0.2, 0) is 4.74 Å². The number of pyridine rings is 1. The molecule has 1 unspecified atom stereocenters. The van der Waals surface area contributed by atoms with Crippen molar-refractivity contribution in [3.05, 3.63) is 65.1 Å². The lowest BCUT2D eigenvalue weighted by Gasteiger charge is -2.12. The topological polar surface area (TPSA) is 79.5 Å². The number of Topliss-reactive ketones (excluding diaryl/α,β-unsaturated/α-hetero) is 1. The van der Waals surface area contributed by atoms with E-state index in [1.54, 1.807) is 24.3 Å². The maximum atomic E-state index is 12.3. The van der Waals surface area contributed by atoms with Gasteiger partial charge in [-0.2, -0.15) is 4.73 Å². The molecule has 1 aromatic carbocycles. The molecule has 1 aromatic heterocycles. The van der Waals surface area contributed by atoms with E-state index in [9.17, 15) is 14.8 Å². The molecule has 0 aliphatic rings. The van der Waals surface area contributed by atoms with Gasteiger partial charge in [-0.1, -0.05) is 0 Å². The van der Waals surface area contributed by atoms with E-state index in [0.717, 1.165) is 0 Å². The lowest BCUT2D eigenvalue weighted by atomic mass is 10.1. The summed E-state index contributed by atoms with van der Waals surface area (Å²) >= 11 is 0. The van der Waals surface area contributed by atoms with Gasteiger partial charge in [0.1, 0.15) is 5.75 Å². The minimum absolute atomic E-state index is 0.212. The average Bonchev–Trinajstić information content (AvgIpc) is 2.55. The van der Waals surface area contributed by atoms with Crippen molar-refractivity contribution in [1.82, 2.24) is 0 Å². The Bertz CT molecular complexity index is 679. The molecule has 0 saturated carbocycles. The first-order valence-corrected chi connectivity index (χ1v) is 7.18. The Kier molecular flexibility index (Phi) is 5.30. The van der Waals surface area contributed by atoms with Crippen molar-refractivity contribution >= 4 is 11.8 Å². The highest BCUT2D eigenvalue weighted by atomic mass is 16.5. The number of ether oxygens (including phenoxy) is 2. The van der Waals surface area contributed by atoms with Gasteiger partial charge in [0.15, 0.2) is 18.5 Å². The lowest BCUT2D eigenvalue weighted by Crippen LogP contribution is -2.27. The third-order valence-electron chi connectivity index (χ3n) is 3.14. The van der Waals surface area contributed by atoms with E-state index >= 15 is 0 Å². The quantitative estimate of drug-likeness (QED) is 0.353. The van der Waals surface area contributed by atoms with Crippen molar-refractivity contribution in [2.24, 2.45) is 0 Å². The highest BCUT2D eigenvalue weighted by molar-refractivity contribution is 6.01. The molecule has 0 amide bonds. The second-order valence-electron chi connectivity index (χ2n) is 4.82. The Morgan fingerprint density at radius 2 is 1.70 bits per heavy atom. The fraction of sp³-hybridized carbons (Fsp3) is 0.235. The molecule has 0 fully saturated rings. The fourth-order valence-corrected chi connectivity index (χ4v) is 1.95. The summed E-state index contributed by atoms with van der Waals surface area (Å²) in [5.74, 6) is -0.294. The second kappa shape index (κ2) is 7.40. The molecule has 2 rings (SSSR count). The Morgan fingerprint density at radius 1 is 1.09 bits per heavy atom. The summed E-state index contributed by atoms with van der Waals surface area (Å²) in [7, 11) is 0. The van der Waals surface area contributed by atoms with Crippen LogP contribution in [0.25, 0.3) is 0 Å². The Hall–Kier alpha value is -2.89. The van der Waals surface area contributed by atoms with E-state index in [-0.39, 0.29) is 11.3 Å². The van der Waals surface area contributed by atoms with E-state index < -0.39 is 12.1 Å². The van der Waals surface area contributed by atoms with Crippen LogP contribution in [0.1, 0.15) is 34.6 Å². The van der Waals surface area contributed by atoms with Crippen LogP contribution in [0.15, 0.2) is 48.8 Å². The number of hydrogen-bond acceptors (Lipinski definition) is 5. The molecule has 1 heterocycles. The minimum atomic E-state index is -0.931. The van der Waals surface area contributed by atoms with Crippen molar-refractivity contribution in [2.45, 2.75) is 20.0 Å². The number of ketones is 1. The van der Waals surface area contributed by atoms with E-state index in [2.05, 4.69) is 0 Å². The maximum absolute atomic E-state index is 12.3. The van der Waals surface area contributed by atoms with Crippen LogP contribution >= 0.6 is 0 Å². The van der Waals surface area contributed by atoms with E-state index in [1.165, 1.54) is 31.5 Å². The molecule has 23 heavy (non-hydrogen) atoms. The smallest absolute Gasteiger partial charge is 0.339 e. The summed E-state index contributed by atoms with van der Waals surface area (Å²) in [6, 6.07) is 9.30. The van der Waals surface area contributed by atoms with Gasteiger partial charge >= 0.3 is 5.97 Å². The number of hydrogen-bond donors (Lipinski definition) is 0. The van der Waals surface area contributed by atoms with Crippen molar-refractivity contribution < 1.29 is 23.8 Å². The van der Waals surface area contributed by atoms with Crippen LogP contribution in [0, 0.1) is 5.21 Å². The van der Waals surface area contributed by atoms with Gasteiger partial charge in [-0.15, -0.1) is 0 Å². The summed E-state index contributed by atoms with van der Waals surface area (Å²) < 4.78 is 11.0. The lowest BCUT2D eigenvalue weighted by molar-refractivity contribution is -0.605. The number of carbonyl (C=O) groups is 2. The summed E-state index contributed by atoms with van der Waals surface area (Å²) in [6.07, 6.45) is 1.45. The fourth-order valence-electron chi connectivity index (χ4n) is 1.95. The predicted molar refractivity (Wildman–Crippen MR) is 82.2 cm³/mol. The van der Waals surface area contributed by atoms with Crippen LogP contribution in [-0.4, -0.2) is 24.5 Å². The zero-order valence-electron chi connectivity index (χ0n) is 12.9. The standard InChI is InChI=1S/C17H17NO5/c1-3-22-15-6-4-13(5-7-15)16(19)12(2)23-17(20)14-8-10-18(21)11-9-14/h4-12H,3H2,1-2H3. The SMILES string of the molecule is CCOc1ccc(C(=O)C(C)OC(=O)c2cc[n+]([O-])cc2)cc1. The minimum Gasteiger partial charge on any atom is -0.619 e. The van der Waals surface area contributed by atoms with Gasteiger partial charge in [0.25, 0.3) is 0 Å². The van der Waals surface area contributed by atoms with Gasteiger partial charge in [-0.3, -0.25) is 4.79 Å². The zero-order valence-corrected chi connectivity index (χ0v) is 12.9. The molecule has 0 N–H and O–H groups in total. The molecule has 6 heteroatoms. The number of aromatic nitrogens is 1. The van der Waals surface area contributed by atoms with Crippen LogP contribution in [0.5, 0.6) is 5.75 Å². The summed E-state index contributed by atoms with van der Waals surface area (Å²) in [5, 5.41) is 10.9. The average molecular weight is 315 g/mol. The molecule has 0 aliphatic carbocycles. The van der Waals surface area contributed by atoms with Crippen molar-refractivity contribution in [3.8, 4) is 5.75 Å². The zero-order chi connectivity index (χ0) is 16.8. The summed E-state index contributed by atoms with van der Waals surface area (Å²) in [5.41, 5.74) is 0.641. The number of rotatable bonds is 6. The monoisotopic (exact) mass is 315 g/mol. The van der Waals surface area contributed by atoms with Gasteiger partial charge in [-0.05, 0) is 38.1 Å². The van der Waals surface area contributed by atoms with Crippen LogP contribution in [0.3, 0.4) is 0 Å². The maximum Gasteiger partial charge on any atom is 0.339 e. The molecular weight excluding hydrogens is 298 g/mol. The molecule has 0 aliphatic heterocycles. The largest absolute Gasteiger partial charge is 0.619 e. The van der Waals surface area contributed by atoms with Gasteiger partial charge in [0.2, 0.25) is 5.78 Å². The van der Waals surface area contributed by atoms with E-state index in [4.69, 9.17) is 9.47 Å². The second-order valence-corrected chi connectivity index (χ2v) is 4.82.